The molecule has 29 heavy (non-hydrogen) atoms. The number of unbranched alkanes of at least 4 members (excludes halogenated alkanes) is 7. The first kappa shape index (κ1) is 22.7. The normalized spacial score (nSPS) is 10.7. The van der Waals surface area contributed by atoms with E-state index in [-0.39, 0.29) is 0 Å². The number of carbonyl (C=O) groups is 1. The minimum absolute atomic E-state index is 0.294. The lowest BCUT2D eigenvalue weighted by molar-refractivity contribution is 0.0697. The van der Waals surface area contributed by atoms with E-state index in [4.69, 9.17) is 4.74 Å². The Labute approximate surface area is 175 Å². The molecule has 0 unspecified atom stereocenters. The number of ether oxygens (including phenoxy) is 1. The molecule has 0 aromatic heterocycles. The second kappa shape index (κ2) is 12.8. The fraction of sp³-hybridized carbons (Fsp3) is 0.423. The molecule has 3 nitrogen and oxygen atoms in total. The SMILES string of the molecule is C=CCCCCCCCCCOc1ccc(-c2ccccc2CC)c(C(=O)O)c1. The van der Waals surface area contributed by atoms with Crippen LogP contribution in [0.4, 0.5) is 0 Å². The van der Waals surface area contributed by atoms with Crippen molar-refractivity contribution in [1.82, 2.24) is 0 Å². The van der Waals surface area contributed by atoms with Gasteiger partial charge in [-0.2, -0.15) is 0 Å². The molecule has 0 saturated carbocycles. The number of hydrogen-bond donors (Lipinski definition) is 1. The van der Waals surface area contributed by atoms with Crippen LogP contribution in [0.1, 0.15) is 74.2 Å². The van der Waals surface area contributed by atoms with Gasteiger partial charge in [-0.25, -0.2) is 4.79 Å². The fourth-order valence-corrected chi connectivity index (χ4v) is 3.58. The first-order chi connectivity index (χ1) is 14.2. The second-order valence-corrected chi connectivity index (χ2v) is 7.42. The number of carboxylic acids is 1. The average Bonchev–Trinajstić information content (AvgIpc) is 2.75. The Morgan fingerprint density at radius 2 is 1.66 bits per heavy atom. The van der Waals surface area contributed by atoms with Gasteiger partial charge in [0.05, 0.1) is 12.2 Å². The molecule has 2 aromatic rings. The monoisotopic (exact) mass is 394 g/mol. The van der Waals surface area contributed by atoms with Crippen molar-refractivity contribution in [1.29, 1.82) is 0 Å². The first-order valence-electron chi connectivity index (χ1n) is 10.9. The third-order valence-electron chi connectivity index (χ3n) is 5.23. The van der Waals surface area contributed by atoms with Crippen LogP contribution >= 0.6 is 0 Å². The summed E-state index contributed by atoms with van der Waals surface area (Å²) in [7, 11) is 0. The summed E-state index contributed by atoms with van der Waals surface area (Å²) >= 11 is 0. The van der Waals surface area contributed by atoms with E-state index in [0.717, 1.165) is 42.4 Å². The number of aryl methyl sites for hydroxylation is 1. The van der Waals surface area contributed by atoms with Crippen LogP contribution in [0, 0.1) is 0 Å². The summed E-state index contributed by atoms with van der Waals surface area (Å²) in [5.74, 6) is -0.294. The van der Waals surface area contributed by atoms with E-state index in [1.165, 1.54) is 32.1 Å². The van der Waals surface area contributed by atoms with Crippen LogP contribution in [-0.4, -0.2) is 17.7 Å². The molecule has 0 bridgehead atoms. The van der Waals surface area contributed by atoms with E-state index >= 15 is 0 Å². The van der Waals surface area contributed by atoms with E-state index in [2.05, 4.69) is 13.5 Å². The van der Waals surface area contributed by atoms with Gasteiger partial charge >= 0.3 is 5.97 Å². The molecular formula is C26H34O3. The summed E-state index contributed by atoms with van der Waals surface area (Å²) < 4.78 is 5.83. The lowest BCUT2D eigenvalue weighted by Gasteiger charge is -2.13. The largest absolute Gasteiger partial charge is 0.494 e. The van der Waals surface area contributed by atoms with Crippen LogP contribution in [0.15, 0.2) is 55.1 Å². The Bertz CT molecular complexity index is 779. The minimum Gasteiger partial charge on any atom is -0.494 e. The third-order valence-corrected chi connectivity index (χ3v) is 5.23. The summed E-state index contributed by atoms with van der Waals surface area (Å²) in [4.78, 5) is 11.8. The summed E-state index contributed by atoms with van der Waals surface area (Å²) in [6, 6.07) is 13.4. The van der Waals surface area contributed by atoms with E-state index in [1.807, 2.05) is 42.5 Å². The highest BCUT2D eigenvalue weighted by atomic mass is 16.5. The van der Waals surface area contributed by atoms with Crippen molar-refractivity contribution in [3.8, 4) is 16.9 Å². The van der Waals surface area contributed by atoms with Gasteiger partial charge in [-0.3, -0.25) is 0 Å². The van der Waals surface area contributed by atoms with Gasteiger partial charge in [-0.05, 0) is 60.6 Å². The second-order valence-electron chi connectivity index (χ2n) is 7.42. The lowest BCUT2D eigenvalue weighted by atomic mass is 9.94. The van der Waals surface area contributed by atoms with Crippen LogP contribution in [-0.2, 0) is 6.42 Å². The van der Waals surface area contributed by atoms with E-state index < -0.39 is 5.97 Å². The van der Waals surface area contributed by atoms with Crippen molar-refractivity contribution in [2.75, 3.05) is 6.61 Å². The molecule has 2 aromatic carbocycles. The van der Waals surface area contributed by atoms with Crippen molar-refractivity contribution in [3.63, 3.8) is 0 Å². The highest BCUT2D eigenvalue weighted by molar-refractivity contribution is 5.97. The highest BCUT2D eigenvalue weighted by Gasteiger charge is 2.15. The third kappa shape index (κ3) is 7.41. The van der Waals surface area contributed by atoms with E-state index in [1.54, 1.807) is 6.07 Å². The van der Waals surface area contributed by atoms with E-state index in [9.17, 15) is 9.90 Å². The summed E-state index contributed by atoms with van der Waals surface area (Å²) in [5, 5.41) is 9.70. The Morgan fingerprint density at radius 1 is 0.966 bits per heavy atom. The van der Waals surface area contributed by atoms with Gasteiger partial charge < -0.3 is 9.84 Å². The van der Waals surface area contributed by atoms with Crippen LogP contribution < -0.4 is 4.74 Å². The van der Waals surface area contributed by atoms with Crippen LogP contribution in [0.2, 0.25) is 0 Å². The molecule has 1 N–H and O–H groups in total. The average molecular weight is 395 g/mol. The number of allylic oxidation sites excluding steroid dienone is 1. The zero-order valence-electron chi connectivity index (χ0n) is 17.7. The molecule has 0 fully saturated rings. The standard InChI is InChI=1S/C26H34O3/c1-3-5-6-7-8-9-10-11-14-19-29-22-17-18-24(25(20-22)26(27)28)23-16-13-12-15-21(23)4-2/h3,12-13,15-18,20H,1,4-11,14,19H2,2H3,(H,27,28). The molecule has 0 aliphatic heterocycles. The number of benzene rings is 2. The predicted molar refractivity (Wildman–Crippen MR) is 121 cm³/mol. The zero-order chi connectivity index (χ0) is 20.9. The maximum absolute atomic E-state index is 11.8. The molecule has 0 saturated heterocycles. The van der Waals surface area contributed by atoms with Gasteiger partial charge in [0, 0.05) is 0 Å². The number of aromatic carboxylic acids is 1. The molecule has 0 aliphatic rings. The number of hydrogen-bond acceptors (Lipinski definition) is 2. The summed E-state index contributed by atoms with van der Waals surface area (Å²) in [6.07, 6.45) is 12.4. The topological polar surface area (TPSA) is 46.5 Å². The van der Waals surface area contributed by atoms with Gasteiger partial charge in [-0.15, -0.1) is 6.58 Å². The van der Waals surface area contributed by atoms with Gasteiger partial charge in [0.15, 0.2) is 0 Å². The van der Waals surface area contributed by atoms with Gasteiger partial charge in [0.2, 0.25) is 0 Å². The van der Waals surface area contributed by atoms with Crippen molar-refractivity contribution in [2.45, 2.75) is 64.7 Å². The van der Waals surface area contributed by atoms with Gasteiger partial charge in [-0.1, -0.05) is 69.4 Å². The number of carboxylic acid groups (broad SMARTS) is 1. The van der Waals surface area contributed by atoms with Gasteiger partial charge in [0.25, 0.3) is 0 Å². The van der Waals surface area contributed by atoms with Crippen molar-refractivity contribution < 1.29 is 14.6 Å². The fourth-order valence-electron chi connectivity index (χ4n) is 3.58. The highest BCUT2D eigenvalue weighted by Crippen LogP contribution is 2.30. The Hall–Kier alpha value is -2.55. The van der Waals surface area contributed by atoms with Crippen molar-refractivity contribution >= 4 is 5.97 Å². The Balaban J connectivity index is 1.86. The molecule has 3 heteroatoms. The van der Waals surface area contributed by atoms with Gasteiger partial charge in [0.1, 0.15) is 5.75 Å². The summed E-state index contributed by atoms with van der Waals surface area (Å²) in [5.41, 5.74) is 3.17. The molecular weight excluding hydrogens is 360 g/mol. The lowest BCUT2D eigenvalue weighted by Crippen LogP contribution is -2.03. The molecule has 0 atom stereocenters. The molecule has 0 heterocycles. The molecule has 0 amide bonds. The summed E-state index contributed by atoms with van der Waals surface area (Å²) in [6.45, 7) is 6.46. The number of rotatable bonds is 14. The van der Waals surface area contributed by atoms with E-state index in [0.29, 0.717) is 17.9 Å². The van der Waals surface area contributed by atoms with Crippen LogP contribution in [0.25, 0.3) is 11.1 Å². The van der Waals surface area contributed by atoms with Crippen molar-refractivity contribution in [3.05, 3.63) is 66.2 Å². The predicted octanol–water partition coefficient (Wildman–Crippen LogP) is 7.30. The van der Waals surface area contributed by atoms with Crippen molar-refractivity contribution in [2.24, 2.45) is 0 Å². The van der Waals surface area contributed by atoms with Crippen LogP contribution in [0.3, 0.4) is 0 Å². The maximum atomic E-state index is 11.8. The molecule has 0 radical (unpaired) electrons. The molecule has 2 rings (SSSR count). The Kier molecular flexibility index (Phi) is 10.1. The maximum Gasteiger partial charge on any atom is 0.336 e. The quantitative estimate of drug-likeness (QED) is 0.270. The molecule has 156 valence electrons. The smallest absolute Gasteiger partial charge is 0.336 e. The molecule has 0 aliphatic carbocycles. The van der Waals surface area contributed by atoms with Crippen LogP contribution in [0.5, 0.6) is 5.75 Å². The Morgan fingerprint density at radius 3 is 2.34 bits per heavy atom. The first-order valence-corrected chi connectivity index (χ1v) is 10.9. The minimum atomic E-state index is -0.923. The zero-order valence-corrected chi connectivity index (χ0v) is 17.7. The molecule has 0 spiro atoms.